The van der Waals surface area contributed by atoms with Gasteiger partial charge in [0.2, 0.25) is 5.89 Å². The van der Waals surface area contributed by atoms with Crippen LogP contribution in [0.15, 0.2) is 28.8 Å². The number of benzene rings is 1. The van der Waals surface area contributed by atoms with Gasteiger partial charge in [-0.15, -0.1) is 12.4 Å². The first kappa shape index (κ1) is 16.6. The molecular weight excluding hydrogens is 332 g/mol. The molecule has 0 spiro atoms. The van der Waals surface area contributed by atoms with Crippen LogP contribution in [0.5, 0.6) is 0 Å². The average Bonchev–Trinajstić information content (AvgIpc) is 3.16. The highest BCUT2D eigenvalue weighted by Crippen LogP contribution is 2.25. The van der Waals surface area contributed by atoms with Crippen LogP contribution in [0.1, 0.15) is 51.2 Å². The predicted octanol–water partition coefficient (Wildman–Crippen LogP) is 1.75. The van der Waals surface area contributed by atoms with E-state index >= 15 is 0 Å². The van der Waals surface area contributed by atoms with Gasteiger partial charge in [0.25, 0.3) is 11.8 Å². The molecule has 1 aromatic heterocycles. The first-order valence-electron chi connectivity index (χ1n) is 7.72. The number of imide groups is 1. The summed E-state index contributed by atoms with van der Waals surface area (Å²) in [7, 11) is 0. The summed E-state index contributed by atoms with van der Waals surface area (Å²) in [5.41, 5.74) is 0.857. The summed E-state index contributed by atoms with van der Waals surface area (Å²) in [6, 6.07) is 6.81. The van der Waals surface area contributed by atoms with Crippen LogP contribution in [0.4, 0.5) is 0 Å². The van der Waals surface area contributed by atoms with Gasteiger partial charge in [-0.2, -0.15) is 4.98 Å². The number of aromatic nitrogens is 2. The highest BCUT2D eigenvalue weighted by molar-refractivity contribution is 6.21. The maximum Gasteiger partial charge on any atom is 0.261 e. The summed E-state index contributed by atoms with van der Waals surface area (Å²) in [4.78, 5) is 30.2. The Kier molecular flexibility index (Phi) is 4.64. The van der Waals surface area contributed by atoms with Crippen LogP contribution in [0.25, 0.3) is 0 Å². The minimum absolute atomic E-state index is 0. The monoisotopic (exact) mass is 348 g/mol. The molecule has 1 atom stereocenters. The lowest BCUT2D eigenvalue weighted by atomic mass is 10.00. The molecule has 1 unspecified atom stereocenters. The molecule has 0 radical (unpaired) electrons. The van der Waals surface area contributed by atoms with E-state index in [1.54, 1.807) is 24.3 Å². The smallest absolute Gasteiger partial charge is 0.261 e. The Balaban J connectivity index is 0.00000169. The first-order valence-corrected chi connectivity index (χ1v) is 7.72. The molecule has 3 heterocycles. The molecule has 2 amide bonds. The quantitative estimate of drug-likeness (QED) is 0.850. The second kappa shape index (κ2) is 6.70. The number of nitrogens with zero attached hydrogens (tertiary/aromatic N) is 3. The molecular formula is C16H17ClN4O3. The molecule has 1 aromatic carbocycles. The fourth-order valence-corrected chi connectivity index (χ4v) is 3.08. The molecule has 24 heavy (non-hydrogen) atoms. The number of carbonyl (C=O) groups is 2. The van der Waals surface area contributed by atoms with E-state index in [2.05, 4.69) is 15.5 Å². The highest BCUT2D eigenvalue weighted by Gasteiger charge is 2.36. The number of hydrogen-bond donors (Lipinski definition) is 1. The van der Waals surface area contributed by atoms with Gasteiger partial charge in [-0.3, -0.25) is 14.5 Å². The van der Waals surface area contributed by atoms with Gasteiger partial charge < -0.3 is 9.84 Å². The summed E-state index contributed by atoms with van der Waals surface area (Å²) in [6.07, 6.45) is 2.07. The zero-order valence-corrected chi connectivity index (χ0v) is 13.7. The van der Waals surface area contributed by atoms with Crippen LogP contribution in [0.3, 0.4) is 0 Å². The molecule has 126 valence electrons. The van der Waals surface area contributed by atoms with Gasteiger partial charge in [-0.05, 0) is 31.5 Å². The Morgan fingerprint density at radius 1 is 1.21 bits per heavy atom. The highest BCUT2D eigenvalue weighted by atomic mass is 35.5. The number of piperidine rings is 1. The third-order valence-corrected chi connectivity index (χ3v) is 4.31. The lowest BCUT2D eigenvalue weighted by molar-refractivity contribution is 0.0637. The van der Waals surface area contributed by atoms with Crippen LogP contribution < -0.4 is 5.32 Å². The van der Waals surface area contributed by atoms with Crippen LogP contribution >= 0.6 is 12.4 Å². The number of halogens is 1. The second-order valence-electron chi connectivity index (χ2n) is 5.83. The number of nitrogens with one attached hydrogen (secondary N) is 1. The van der Waals surface area contributed by atoms with E-state index in [0.29, 0.717) is 22.8 Å². The molecule has 4 rings (SSSR count). The predicted molar refractivity (Wildman–Crippen MR) is 87.0 cm³/mol. The van der Waals surface area contributed by atoms with Crippen LogP contribution in [0.2, 0.25) is 0 Å². The Morgan fingerprint density at radius 2 is 1.92 bits per heavy atom. The Morgan fingerprint density at radius 3 is 2.54 bits per heavy atom. The average molecular weight is 349 g/mol. The van der Waals surface area contributed by atoms with E-state index in [4.69, 9.17) is 4.52 Å². The molecule has 2 aliphatic heterocycles. The summed E-state index contributed by atoms with van der Waals surface area (Å²) in [5, 5.41) is 7.22. The van der Waals surface area contributed by atoms with Gasteiger partial charge >= 0.3 is 0 Å². The number of fused-ring (bicyclic) bond motifs is 1. The minimum atomic E-state index is -0.309. The van der Waals surface area contributed by atoms with Gasteiger partial charge in [0, 0.05) is 6.54 Å². The van der Waals surface area contributed by atoms with Crippen molar-refractivity contribution in [3.05, 3.63) is 47.1 Å². The SMILES string of the molecule is Cl.O=C1c2ccccc2C(=O)N1Cc1noc(C2CCCNC2)n1. The molecule has 1 fully saturated rings. The van der Waals surface area contributed by atoms with Crippen molar-refractivity contribution in [3.8, 4) is 0 Å². The molecule has 1 N–H and O–H groups in total. The molecule has 2 aliphatic rings. The lowest BCUT2D eigenvalue weighted by Crippen LogP contribution is -2.30. The number of carbonyl (C=O) groups excluding carboxylic acids is 2. The second-order valence-corrected chi connectivity index (χ2v) is 5.83. The molecule has 0 bridgehead atoms. The summed E-state index contributed by atoms with van der Waals surface area (Å²) < 4.78 is 5.31. The fraction of sp³-hybridized carbons (Fsp3) is 0.375. The van der Waals surface area contributed by atoms with Gasteiger partial charge in [-0.1, -0.05) is 17.3 Å². The van der Waals surface area contributed by atoms with Crippen molar-refractivity contribution >= 4 is 24.2 Å². The Labute approximate surface area is 144 Å². The molecule has 2 aromatic rings. The van der Waals surface area contributed by atoms with E-state index in [-0.39, 0.29) is 36.7 Å². The Bertz CT molecular complexity index is 735. The fourth-order valence-electron chi connectivity index (χ4n) is 3.08. The van der Waals surface area contributed by atoms with Crippen LogP contribution in [-0.4, -0.2) is 39.9 Å². The van der Waals surface area contributed by atoms with Gasteiger partial charge in [0.05, 0.1) is 23.6 Å². The maximum atomic E-state index is 12.3. The summed E-state index contributed by atoms with van der Waals surface area (Å²) >= 11 is 0. The number of amides is 2. The van der Waals surface area contributed by atoms with E-state index < -0.39 is 0 Å². The van der Waals surface area contributed by atoms with Crippen LogP contribution in [-0.2, 0) is 6.54 Å². The summed E-state index contributed by atoms with van der Waals surface area (Å²) in [6.45, 7) is 1.86. The zero-order chi connectivity index (χ0) is 15.8. The molecule has 8 heteroatoms. The summed E-state index contributed by atoms with van der Waals surface area (Å²) in [5.74, 6) is 0.517. The number of hydrogen-bond acceptors (Lipinski definition) is 6. The maximum absolute atomic E-state index is 12.3. The first-order chi connectivity index (χ1) is 11.2. The third-order valence-electron chi connectivity index (χ3n) is 4.31. The van der Waals surface area contributed by atoms with Crippen molar-refractivity contribution in [2.75, 3.05) is 13.1 Å². The van der Waals surface area contributed by atoms with Crippen molar-refractivity contribution in [2.24, 2.45) is 0 Å². The third kappa shape index (κ3) is 2.81. The van der Waals surface area contributed by atoms with Gasteiger partial charge in [0.15, 0.2) is 5.82 Å². The zero-order valence-electron chi connectivity index (χ0n) is 12.9. The van der Waals surface area contributed by atoms with Crippen LogP contribution in [0, 0.1) is 0 Å². The molecule has 0 aliphatic carbocycles. The number of rotatable bonds is 3. The van der Waals surface area contributed by atoms with E-state index in [0.717, 1.165) is 25.9 Å². The minimum Gasteiger partial charge on any atom is -0.339 e. The van der Waals surface area contributed by atoms with Crippen molar-refractivity contribution < 1.29 is 14.1 Å². The van der Waals surface area contributed by atoms with Gasteiger partial charge in [0.1, 0.15) is 0 Å². The molecule has 0 saturated carbocycles. The normalized spacial score (nSPS) is 20.0. The largest absolute Gasteiger partial charge is 0.339 e. The van der Waals surface area contributed by atoms with Crippen molar-refractivity contribution in [3.63, 3.8) is 0 Å². The Hall–Kier alpha value is -2.25. The lowest BCUT2D eigenvalue weighted by Gasteiger charge is -2.18. The van der Waals surface area contributed by atoms with Crippen molar-refractivity contribution in [2.45, 2.75) is 25.3 Å². The topological polar surface area (TPSA) is 88.3 Å². The van der Waals surface area contributed by atoms with Crippen molar-refractivity contribution in [1.29, 1.82) is 0 Å². The standard InChI is InChI=1S/C16H16N4O3.ClH/c21-15-11-5-1-2-6-12(11)16(22)20(15)9-13-18-14(23-19-13)10-4-3-7-17-8-10;/h1-2,5-6,10,17H,3-4,7-9H2;1H. The van der Waals surface area contributed by atoms with E-state index in [1.807, 2.05) is 0 Å². The van der Waals surface area contributed by atoms with E-state index in [9.17, 15) is 9.59 Å². The molecule has 7 nitrogen and oxygen atoms in total. The van der Waals surface area contributed by atoms with E-state index in [1.165, 1.54) is 4.90 Å². The van der Waals surface area contributed by atoms with Crippen molar-refractivity contribution in [1.82, 2.24) is 20.4 Å². The van der Waals surface area contributed by atoms with Gasteiger partial charge in [-0.25, -0.2) is 0 Å². The molecule has 1 saturated heterocycles.